The Labute approximate surface area is 106 Å². The quantitative estimate of drug-likeness (QED) is 0.562. The molecule has 2 aliphatic heterocycles. The SMILES string of the molecule is CCN1CCC2(CC1)CC(=O)OC2CS(=O)(=O)F. The molecule has 0 aromatic heterocycles. The minimum atomic E-state index is -4.62. The van der Waals surface area contributed by atoms with Gasteiger partial charge in [-0.1, -0.05) is 6.92 Å². The van der Waals surface area contributed by atoms with E-state index in [1.165, 1.54) is 0 Å². The summed E-state index contributed by atoms with van der Waals surface area (Å²) in [6.45, 7) is 4.58. The first-order valence-corrected chi connectivity index (χ1v) is 7.74. The fraction of sp³-hybridized carbons (Fsp3) is 0.909. The van der Waals surface area contributed by atoms with Crippen molar-refractivity contribution in [1.82, 2.24) is 4.90 Å². The van der Waals surface area contributed by atoms with Crippen LogP contribution in [0.2, 0.25) is 0 Å². The molecule has 2 rings (SSSR count). The third kappa shape index (κ3) is 2.83. The van der Waals surface area contributed by atoms with E-state index < -0.39 is 33.5 Å². The third-order valence-corrected chi connectivity index (χ3v) is 4.80. The smallest absolute Gasteiger partial charge is 0.306 e. The van der Waals surface area contributed by atoms with Gasteiger partial charge in [0.15, 0.2) is 0 Å². The van der Waals surface area contributed by atoms with Crippen molar-refractivity contribution < 1.29 is 21.8 Å². The van der Waals surface area contributed by atoms with Gasteiger partial charge in [0.25, 0.3) is 0 Å². The number of likely N-dealkylation sites (tertiary alicyclic amines) is 1. The van der Waals surface area contributed by atoms with Crippen molar-refractivity contribution in [1.29, 1.82) is 0 Å². The second kappa shape index (κ2) is 4.77. The van der Waals surface area contributed by atoms with Crippen LogP contribution >= 0.6 is 0 Å². The molecule has 1 spiro atoms. The number of esters is 1. The van der Waals surface area contributed by atoms with Crippen LogP contribution in [0.15, 0.2) is 0 Å². The highest BCUT2D eigenvalue weighted by molar-refractivity contribution is 7.86. The van der Waals surface area contributed by atoms with E-state index in [0.717, 1.165) is 19.6 Å². The molecule has 0 saturated carbocycles. The summed E-state index contributed by atoms with van der Waals surface area (Å²) in [6.07, 6.45) is 0.767. The molecule has 5 nitrogen and oxygen atoms in total. The summed E-state index contributed by atoms with van der Waals surface area (Å²) in [4.78, 5) is 13.6. The molecule has 0 aliphatic carbocycles. The number of halogens is 1. The van der Waals surface area contributed by atoms with Gasteiger partial charge in [0.05, 0.1) is 6.42 Å². The van der Waals surface area contributed by atoms with Crippen LogP contribution in [0.3, 0.4) is 0 Å². The van der Waals surface area contributed by atoms with Crippen LogP contribution in [0, 0.1) is 5.41 Å². The average Bonchev–Trinajstić information content (AvgIpc) is 2.54. The summed E-state index contributed by atoms with van der Waals surface area (Å²) < 4.78 is 39.4. The molecule has 0 radical (unpaired) electrons. The lowest BCUT2D eigenvalue weighted by molar-refractivity contribution is -0.141. The lowest BCUT2D eigenvalue weighted by Gasteiger charge is -2.40. The topological polar surface area (TPSA) is 63.7 Å². The van der Waals surface area contributed by atoms with E-state index >= 15 is 0 Å². The maximum Gasteiger partial charge on any atom is 0.306 e. The summed E-state index contributed by atoms with van der Waals surface area (Å²) in [6, 6.07) is 0. The number of nitrogens with zero attached hydrogens (tertiary/aromatic N) is 1. The molecular weight excluding hydrogens is 261 g/mol. The van der Waals surface area contributed by atoms with Crippen LogP contribution < -0.4 is 0 Å². The van der Waals surface area contributed by atoms with Gasteiger partial charge in [-0.15, -0.1) is 3.89 Å². The molecule has 1 unspecified atom stereocenters. The summed E-state index contributed by atoms with van der Waals surface area (Å²) in [7, 11) is -4.62. The summed E-state index contributed by atoms with van der Waals surface area (Å²) in [5.41, 5.74) is -0.484. The third-order valence-electron chi connectivity index (χ3n) is 4.10. The Morgan fingerprint density at radius 1 is 1.44 bits per heavy atom. The highest BCUT2D eigenvalue weighted by atomic mass is 32.3. The molecule has 2 saturated heterocycles. The van der Waals surface area contributed by atoms with E-state index in [1.807, 2.05) is 0 Å². The normalized spacial score (nSPS) is 28.6. The van der Waals surface area contributed by atoms with Crippen molar-refractivity contribution in [2.45, 2.75) is 32.3 Å². The van der Waals surface area contributed by atoms with E-state index in [1.54, 1.807) is 0 Å². The average molecular weight is 279 g/mol. The second-order valence-corrected chi connectivity index (χ2v) is 6.57. The van der Waals surface area contributed by atoms with Crippen LogP contribution in [-0.2, 0) is 19.8 Å². The van der Waals surface area contributed by atoms with Gasteiger partial charge in [-0.2, -0.15) is 8.42 Å². The van der Waals surface area contributed by atoms with Gasteiger partial charge in [0.1, 0.15) is 11.9 Å². The number of carbonyl (C=O) groups excluding carboxylic acids is 1. The first-order valence-electron chi connectivity index (χ1n) is 6.19. The Morgan fingerprint density at radius 3 is 2.56 bits per heavy atom. The molecule has 0 N–H and O–H groups in total. The Morgan fingerprint density at radius 2 is 2.06 bits per heavy atom. The largest absolute Gasteiger partial charge is 0.461 e. The number of ether oxygens (including phenoxy) is 1. The molecule has 2 heterocycles. The minimum absolute atomic E-state index is 0.213. The van der Waals surface area contributed by atoms with Crippen molar-refractivity contribution in [3.05, 3.63) is 0 Å². The van der Waals surface area contributed by atoms with Gasteiger partial charge < -0.3 is 9.64 Å². The Bertz CT molecular complexity index is 428. The van der Waals surface area contributed by atoms with Crippen LogP contribution in [0.5, 0.6) is 0 Å². The van der Waals surface area contributed by atoms with Crippen molar-refractivity contribution in [3.8, 4) is 0 Å². The molecular formula is C11H18FNO4S. The number of hydrogen-bond acceptors (Lipinski definition) is 5. The Kier molecular flexibility index (Phi) is 3.64. The fourth-order valence-electron chi connectivity index (χ4n) is 2.93. The highest BCUT2D eigenvalue weighted by Gasteiger charge is 2.51. The van der Waals surface area contributed by atoms with Gasteiger partial charge in [0.2, 0.25) is 0 Å². The molecule has 104 valence electrons. The lowest BCUT2D eigenvalue weighted by Crippen LogP contribution is -2.45. The molecule has 0 aromatic carbocycles. The number of hydrogen-bond donors (Lipinski definition) is 0. The maximum absolute atomic E-state index is 12.8. The molecule has 1 atom stereocenters. The molecule has 0 bridgehead atoms. The fourth-order valence-corrected chi connectivity index (χ4v) is 3.71. The number of carbonyl (C=O) groups is 1. The summed E-state index contributed by atoms with van der Waals surface area (Å²) in [5.74, 6) is -1.11. The maximum atomic E-state index is 12.8. The predicted molar refractivity (Wildman–Crippen MR) is 63.2 cm³/mol. The standard InChI is InChI=1S/C11H18FNO4S/c1-2-13-5-3-11(4-6-13)7-10(14)17-9(11)8-18(12,15)16/h9H,2-8H2,1H3. The Hall–Kier alpha value is -0.690. The zero-order valence-corrected chi connectivity index (χ0v) is 11.2. The number of cyclic esters (lactones) is 1. The molecule has 0 amide bonds. The van der Waals surface area contributed by atoms with E-state index in [2.05, 4.69) is 11.8 Å². The molecule has 2 fully saturated rings. The molecule has 0 aromatic rings. The van der Waals surface area contributed by atoms with E-state index in [0.29, 0.717) is 12.8 Å². The summed E-state index contributed by atoms with van der Waals surface area (Å²) >= 11 is 0. The van der Waals surface area contributed by atoms with Gasteiger partial charge in [-0.05, 0) is 32.5 Å². The van der Waals surface area contributed by atoms with Gasteiger partial charge in [0, 0.05) is 5.41 Å². The molecule has 7 heteroatoms. The van der Waals surface area contributed by atoms with Gasteiger partial charge in [-0.3, -0.25) is 4.79 Å². The van der Waals surface area contributed by atoms with Crippen LogP contribution in [0.1, 0.15) is 26.2 Å². The zero-order valence-electron chi connectivity index (χ0n) is 10.4. The van der Waals surface area contributed by atoms with Crippen molar-refractivity contribution in [2.75, 3.05) is 25.4 Å². The first kappa shape index (κ1) is 13.7. The van der Waals surface area contributed by atoms with Crippen molar-refractivity contribution >= 4 is 16.2 Å². The van der Waals surface area contributed by atoms with E-state index in [-0.39, 0.29) is 6.42 Å². The van der Waals surface area contributed by atoms with Crippen LogP contribution in [-0.4, -0.2) is 50.8 Å². The minimum Gasteiger partial charge on any atom is -0.461 e. The monoisotopic (exact) mass is 279 g/mol. The van der Waals surface area contributed by atoms with Crippen LogP contribution in [0.25, 0.3) is 0 Å². The van der Waals surface area contributed by atoms with Crippen molar-refractivity contribution in [3.63, 3.8) is 0 Å². The molecule has 2 aliphatic rings. The summed E-state index contributed by atoms with van der Waals surface area (Å²) in [5, 5.41) is 0. The van der Waals surface area contributed by atoms with E-state index in [9.17, 15) is 17.1 Å². The van der Waals surface area contributed by atoms with Crippen molar-refractivity contribution in [2.24, 2.45) is 5.41 Å². The van der Waals surface area contributed by atoms with Crippen LogP contribution in [0.4, 0.5) is 3.89 Å². The molecule has 18 heavy (non-hydrogen) atoms. The van der Waals surface area contributed by atoms with Gasteiger partial charge in [-0.25, -0.2) is 0 Å². The zero-order chi connectivity index (χ0) is 13.4. The Balaban J connectivity index is 2.12. The lowest BCUT2D eigenvalue weighted by atomic mass is 9.73. The second-order valence-electron chi connectivity index (χ2n) is 5.16. The highest BCUT2D eigenvalue weighted by Crippen LogP contribution is 2.45. The number of piperidine rings is 1. The predicted octanol–water partition coefficient (Wildman–Crippen LogP) is 0.703. The number of rotatable bonds is 3. The van der Waals surface area contributed by atoms with Gasteiger partial charge >= 0.3 is 16.2 Å². The first-order chi connectivity index (χ1) is 8.35. The van der Waals surface area contributed by atoms with E-state index in [4.69, 9.17) is 4.74 Å².